The van der Waals surface area contributed by atoms with Crippen LogP contribution in [0.15, 0.2) is 36.4 Å². The van der Waals surface area contributed by atoms with E-state index in [0.717, 1.165) is 36.6 Å². The zero-order valence-corrected chi connectivity index (χ0v) is 17.5. The second-order valence-electron chi connectivity index (χ2n) is 8.19. The van der Waals surface area contributed by atoms with Crippen molar-refractivity contribution in [2.45, 2.75) is 31.3 Å². The number of piperidine rings is 1. The Morgan fingerprint density at radius 3 is 2.76 bits per heavy atom. The highest BCUT2D eigenvalue weighted by Gasteiger charge is 2.41. The molecule has 0 aliphatic carbocycles. The molecule has 2 aliphatic rings. The molecule has 1 aromatic heterocycles. The van der Waals surface area contributed by atoms with E-state index in [1.807, 2.05) is 35.2 Å². The van der Waals surface area contributed by atoms with Gasteiger partial charge in [-0.05, 0) is 43.7 Å². The molecule has 8 heteroatoms. The van der Waals surface area contributed by atoms with Crippen LogP contribution in [0.4, 0.5) is 0 Å². The van der Waals surface area contributed by atoms with Gasteiger partial charge < -0.3 is 9.64 Å². The van der Waals surface area contributed by atoms with Crippen molar-refractivity contribution < 1.29 is 17.9 Å². The molecule has 2 saturated heterocycles. The molecule has 1 aromatic carbocycles. The number of sulfonamides is 1. The zero-order valence-electron chi connectivity index (χ0n) is 16.6. The summed E-state index contributed by atoms with van der Waals surface area (Å²) in [5.41, 5.74) is 1.04. The van der Waals surface area contributed by atoms with Crippen molar-refractivity contribution in [2.75, 3.05) is 32.5 Å². The van der Waals surface area contributed by atoms with Crippen LogP contribution in [-0.4, -0.2) is 62.3 Å². The summed E-state index contributed by atoms with van der Waals surface area (Å²) >= 11 is 0. The van der Waals surface area contributed by atoms with Crippen molar-refractivity contribution in [1.82, 2.24) is 14.6 Å². The van der Waals surface area contributed by atoms with E-state index in [4.69, 9.17) is 4.74 Å². The number of carbonyl (C=O) groups excluding carboxylic acids is 1. The van der Waals surface area contributed by atoms with Crippen molar-refractivity contribution >= 4 is 26.8 Å². The van der Waals surface area contributed by atoms with Crippen LogP contribution in [-0.2, 0) is 14.8 Å². The highest BCUT2D eigenvalue weighted by Crippen LogP contribution is 2.37. The van der Waals surface area contributed by atoms with Crippen molar-refractivity contribution in [1.29, 1.82) is 0 Å². The van der Waals surface area contributed by atoms with Crippen LogP contribution in [0.25, 0.3) is 10.9 Å². The Bertz CT molecular complexity index is 1000. The summed E-state index contributed by atoms with van der Waals surface area (Å²) in [7, 11) is -3.18. The van der Waals surface area contributed by atoms with Gasteiger partial charge in [0.15, 0.2) is 0 Å². The minimum Gasteiger partial charge on any atom is -0.375 e. The Balaban J connectivity index is 1.38. The Morgan fingerprint density at radius 1 is 1.24 bits per heavy atom. The normalized spacial score (nSPS) is 22.1. The van der Waals surface area contributed by atoms with Crippen LogP contribution < -0.4 is 4.72 Å². The summed E-state index contributed by atoms with van der Waals surface area (Å²) in [6.45, 7) is 2.34. The Hall–Kier alpha value is -2.03. The molecule has 1 N–H and O–H groups in total. The monoisotopic (exact) mass is 417 g/mol. The first-order valence-corrected chi connectivity index (χ1v) is 12.0. The van der Waals surface area contributed by atoms with E-state index >= 15 is 0 Å². The maximum absolute atomic E-state index is 12.9. The summed E-state index contributed by atoms with van der Waals surface area (Å²) in [6, 6.07) is 11.5. The molecule has 2 aromatic rings. The van der Waals surface area contributed by atoms with E-state index < -0.39 is 10.0 Å². The van der Waals surface area contributed by atoms with Crippen molar-refractivity contribution in [2.24, 2.45) is 5.92 Å². The fourth-order valence-corrected chi connectivity index (χ4v) is 4.92. The van der Waals surface area contributed by atoms with Crippen LogP contribution in [0.1, 0.15) is 36.2 Å². The van der Waals surface area contributed by atoms with Gasteiger partial charge in [-0.1, -0.05) is 24.3 Å². The van der Waals surface area contributed by atoms with E-state index in [0.29, 0.717) is 31.9 Å². The Morgan fingerprint density at radius 2 is 2.00 bits per heavy atom. The summed E-state index contributed by atoms with van der Waals surface area (Å²) in [6.07, 6.45) is 4.40. The first-order chi connectivity index (χ1) is 13.8. The SMILES string of the molecule is CS(=O)(=O)NC[C@H]1CCOC2(CCN(C(=O)c3ccc4ccccc4n3)CC2)C1. The number of pyridine rings is 1. The van der Waals surface area contributed by atoms with Gasteiger partial charge in [0.25, 0.3) is 5.91 Å². The number of rotatable bonds is 4. The second kappa shape index (κ2) is 8.01. The molecule has 0 unspecified atom stereocenters. The molecule has 4 rings (SSSR count). The molecule has 7 nitrogen and oxygen atoms in total. The third kappa shape index (κ3) is 4.76. The maximum Gasteiger partial charge on any atom is 0.272 e. The topological polar surface area (TPSA) is 88.6 Å². The van der Waals surface area contributed by atoms with Crippen LogP contribution in [0.5, 0.6) is 0 Å². The first-order valence-electron chi connectivity index (χ1n) is 10.1. The maximum atomic E-state index is 12.9. The molecular weight excluding hydrogens is 390 g/mol. The van der Waals surface area contributed by atoms with Gasteiger partial charge in [0.2, 0.25) is 10.0 Å². The van der Waals surface area contributed by atoms with Gasteiger partial charge in [-0.25, -0.2) is 18.1 Å². The van der Waals surface area contributed by atoms with Gasteiger partial charge in [-0.15, -0.1) is 0 Å². The minimum atomic E-state index is -3.18. The van der Waals surface area contributed by atoms with E-state index in [9.17, 15) is 13.2 Å². The average molecular weight is 418 g/mol. The molecule has 1 atom stereocenters. The fraction of sp³-hybridized carbons (Fsp3) is 0.524. The molecule has 0 saturated carbocycles. The number of hydrogen-bond acceptors (Lipinski definition) is 5. The Labute approximate surface area is 171 Å². The third-order valence-electron chi connectivity index (χ3n) is 6.01. The van der Waals surface area contributed by atoms with Crippen molar-refractivity contribution in [3.63, 3.8) is 0 Å². The predicted octanol–water partition coefficient (Wildman–Crippen LogP) is 2.19. The van der Waals surface area contributed by atoms with Crippen LogP contribution in [0.3, 0.4) is 0 Å². The summed E-state index contributed by atoms with van der Waals surface area (Å²) in [5.74, 6) is 0.222. The highest BCUT2D eigenvalue weighted by molar-refractivity contribution is 7.88. The number of benzene rings is 1. The van der Waals surface area contributed by atoms with E-state index in [1.54, 1.807) is 6.07 Å². The van der Waals surface area contributed by atoms with Gasteiger partial charge in [0.05, 0.1) is 17.4 Å². The molecule has 2 aliphatic heterocycles. The third-order valence-corrected chi connectivity index (χ3v) is 6.70. The molecule has 29 heavy (non-hydrogen) atoms. The molecule has 3 heterocycles. The second-order valence-corrected chi connectivity index (χ2v) is 10.0. The van der Waals surface area contributed by atoms with Gasteiger partial charge in [0, 0.05) is 31.6 Å². The first kappa shape index (κ1) is 20.3. The number of aromatic nitrogens is 1. The average Bonchev–Trinajstić information content (AvgIpc) is 2.72. The lowest BCUT2D eigenvalue weighted by atomic mass is 9.79. The predicted molar refractivity (Wildman–Crippen MR) is 111 cm³/mol. The lowest BCUT2D eigenvalue weighted by Gasteiger charge is -2.46. The van der Waals surface area contributed by atoms with Crippen molar-refractivity contribution in [3.05, 3.63) is 42.1 Å². The Kier molecular flexibility index (Phi) is 5.59. The molecule has 1 spiro atoms. The largest absolute Gasteiger partial charge is 0.375 e. The number of para-hydroxylation sites is 1. The quantitative estimate of drug-likeness (QED) is 0.824. The van der Waals surface area contributed by atoms with Crippen molar-refractivity contribution in [3.8, 4) is 0 Å². The number of nitrogens with zero attached hydrogens (tertiary/aromatic N) is 2. The van der Waals surface area contributed by atoms with E-state index in [2.05, 4.69) is 9.71 Å². The number of likely N-dealkylation sites (tertiary alicyclic amines) is 1. The molecule has 0 radical (unpaired) electrons. The summed E-state index contributed by atoms with van der Waals surface area (Å²) in [5, 5.41) is 1.02. The summed E-state index contributed by atoms with van der Waals surface area (Å²) in [4.78, 5) is 19.3. The molecular formula is C21H27N3O4S. The number of amides is 1. The standard InChI is InChI=1S/C21H27N3O4S/c1-29(26,27)22-15-16-8-13-28-21(14-16)9-11-24(12-10-21)20(25)19-7-6-17-4-2-3-5-18(17)23-19/h2-7,16,22H,8-15H2,1H3/t16-/m0/s1. The number of hydrogen-bond donors (Lipinski definition) is 1. The summed E-state index contributed by atoms with van der Waals surface area (Å²) < 4.78 is 31.5. The lowest BCUT2D eigenvalue weighted by molar-refractivity contribution is -0.122. The van der Waals surface area contributed by atoms with Gasteiger partial charge in [-0.3, -0.25) is 4.79 Å². The molecule has 1 amide bonds. The van der Waals surface area contributed by atoms with Crippen LogP contribution in [0.2, 0.25) is 0 Å². The van der Waals surface area contributed by atoms with Gasteiger partial charge in [0.1, 0.15) is 5.69 Å². The highest BCUT2D eigenvalue weighted by atomic mass is 32.2. The van der Waals surface area contributed by atoms with E-state index in [1.165, 1.54) is 6.26 Å². The van der Waals surface area contributed by atoms with Gasteiger partial charge in [-0.2, -0.15) is 0 Å². The molecule has 156 valence electrons. The lowest BCUT2D eigenvalue weighted by Crippen LogP contribution is -2.51. The smallest absolute Gasteiger partial charge is 0.272 e. The van der Waals surface area contributed by atoms with Crippen LogP contribution in [0, 0.1) is 5.92 Å². The minimum absolute atomic E-state index is 0.0447. The molecule has 0 bridgehead atoms. The number of fused-ring (bicyclic) bond motifs is 1. The van der Waals surface area contributed by atoms with E-state index in [-0.39, 0.29) is 17.4 Å². The number of carbonyl (C=O) groups is 1. The number of nitrogens with one attached hydrogen (secondary N) is 1. The zero-order chi connectivity index (χ0) is 20.5. The fourth-order valence-electron chi connectivity index (χ4n) is 4.39. The number of ether oxygens (including phenoxy) is 1. The molecule has 2 fully saturated rings. The van der Waals surface area contributed by atoms with Crippen LogP contribution >= 0.6 is 0 Å². The van der Waals surface area contributed by atoms with Gasteiger partial charge >= 0.3 is 0 Å².